The summed E-state index contributed by atoms with van der Waals surface area (Å²) in [4.78, 5) is 23.9. The van der Waals surface area contributed by atoms with Crippen LogP contribution in [0.4, 0.5) is 0 Å². The van der Waals surface area contributed by atoms with Crippen LogP contribution in [0.1, 0.15) is 35.1 Å². The number of allylic oxidation sites excluding steroid dienone is 1. The van der Waals surface area contributed by atoms with E-state index in [4.69, 9.17) is 4.74 Å². The van der Waals surface area contributed by atoms with Gasteiger partial charge in [-0.05, 0) is 26.8 Å². The van der Waals surface area contributed by atoms with Crippen molar-refractivity contribution in [2.75, 3.05) is 12.4 Å². The molecule has 0 radical (unpaired) electrons. The monoisotopic (exact) mass is 339 g/mol. The first-order valence-corrected chi connectivity index (χ1v) is 9.21. The van der Waals surface area contributed by atoms with Crippen LogP contribution in [-0.2, 0) is 25.9 Å². The Kier molecular flexibility index (Phi) is 5.09. The molecule has 0 N–H and O–H groups in total. The highest BCUT2D eigenvalue weighted by Gasteiger charge is 2.25. The van der Waals surface area contributed by atoms with E-state index in [0.29, 0.717) is 5.56 Å². The van der Waals surface area contributed by atoms with Crippen molar-refractivity contribution >= 4 is 21.6 Å². The van der Waals surface area contributed by atoms with Crippen molar-refractivity contribution in [2.45, 2.75) is 33.7 Å². The van der Waals surface area contributed by atoms with Crippen LogP contribution in [0.3, 0.4) is 0 Å². The lowest BCUT2D eigenvalue weighted by molar-refractivity contribution is -0.143. The van der Waals surface area contributed by atoms with Gasteiger partial charge < -0.3 is 9.30 Å². The van der Waals surface area contributed by atoms with Crippen LogP contribution in [0, 0.1) is 19.8 Å². The molecule has 0 spiro atoms. The molecule has 1 aromatic heterocycles. The van der Waals surface area contributed by atoms with Crippen LogP contribution < -0.4 is 0 Å². The van der Waals surface area contributed by atoms with E-state index in [9.17, 15) is 18.0 Å². The van der Waals surface area contributed by atoms with Gasteiger partial charge in [0.1, 0.15) is 0 Å². The van der Waals surface area contributed by atoms with Crippen molar-refractivity contribution < 1.29 is 22.7 Å². The van der Waals surface area contributed by atoms with E-state index in [1.165, 1.54) is 6.08 Å². The van der Waals surface area contributed by atoms with Crippen molar-refractivity contribution in [2.24, 2.45) is 5.92 Å². The van der Waals surface area contributed by atoms with E-state index < -0.39 is 15.8 Å². The van der Waals surface area contributed by atoms with Gasteiger partial charge in [-0.2, -0.15) is 0 Å². The zero-order chi connectivity index (χ0) is 17.2. The predicted octanol–water partition coefficient (Wildman–Crippen LogP) is 1.80. The summed E-state index contributed by atoms with van der Waals surface area (Å²) in [6, 6.07) is 1.79. The second kappa shape index (κ2) is 6.70. The van der Waals surface area contributed by atoms with Gasteiger partial charge in [-0.3, -0.25) is 9.59 Å². The average molecular weight is 339 g/mol. The minimum Gasteiger partial charge on any atom is -0.457 e. The van der Waals surface area contributed by atoms with E-state index in [1.807, 2.05) is 25.3 Å². The lowest BCUT2D eigenvalue weighted by atomic mass is 10.1. The molecule has 0 bridgehead atoms. The van der Waals surface area contributed by atoms with Crippen LogP contribution in [0.25, 0.3) is 0 Å². The molecule has 1 atom stereocenters. The fraction of sp³-hybridized carbons (Fsp3) is 0.500. The maximum atomic E-state index is 12.2. The molecule has 1 unspecified atom stereocenters. The Morgan fingerprint density at radius 2 is 2.04 bits per heavy atom. The molecular formula is C16H21NO5S. The largest absolute Gasteiger partial charge is 0.457 e. The third-order valence-corrected chi connectivity index (χ3v) is 5.45. The normalized spacial score (nSPS) is 19.0. The van der Waals surface area contributed by atoms with Gasteiger partial charge in [0, 0.05) is 34.8 Å². The summed E-state index contributed by atoms with van der Waals surface area (Å²) in [5.74, 6) is -1.25. The van der Waals surface area contributed by atoms with Crippen molar-refractivity contribution in [3.05, 3.63) is 34.5 Å². The maximum absolute atomic E-state index is 12.2. The first-order chi connectivity index (χ1) is 10.7. The summed E-state index contributed by atoms with van der Waals surface area (Å²) >= 11 is 0. The molecule has 0 saturated carbocycles. The number of rotatable bonds is 6. The molecule has 1 aromatic rings. The van der Waals surface area contributed by atoms with Crippen LogP contribution in [-0.4, -0.2) is 37.1 Å². The Balaban J connectivity index is 1.90. The topological polar surface area (TPSA) is 82.4 Å². The van der Waals surface area contributed by atoms with E-state index >= 15 is 0 Å². The zero-order valence-corrected chi connectivity index (χ0v) is 14.4. The predicted molar refractivity (Wildman–Crippen MR) is 85.9 cm³/mol. The van der Waals surface area contributed by atoms with Crippen LogP contribution in [0.5, 0.6) is 0 Å². The number of carbonyl (C=O) groups excluding carboxylic acids is 2. The molecule has 1 aliphatic rings. The summed E-state index contributed by atoms with van der Waals surface area (Å²) in [7, 11) is -3.18. The van der Waals surface area contributed by atoms with Crippen molar-refractivity contribution in [3.63, 3.8) is 0 Å². The third-order valence-electron chi connectivity index (χ3n) is 3.99. The number of nitrogens with zero attached hydrogens (tertiary/aromatic N) is 1. The van der Waals surface area contributed by atoms with Gasteiger partial charge in [0.25, 0.3) is 0 Å². The quantitative estimate of drug-likeness (QED) is 0.583. The molecule has 1 aliphatic heterocycles. The highest BCUT2D eigenvalue weighted by Crippen LogP contribution is 2.19. The molecular weight excluding hydrogens is 318 g/mol. The molecule has 0 fully saturated rings. The van der Waals surface area contributed by atoms with Gasteiger partial charge in [0.15, 0.2) is 16.4 Å². The number of aryl methyl sites for hydroxylation is 1. The number of carbonyl (C=O) groups is 2. The van der Waals surface area contributed by atoms with Gasteiger partial charge in [-0.25, -0.2) is 8.42 Å². The number of hydrogen-bond acceptors (Lipinski definition) is 5. The first kappa shape index (κ1) is 17.5. The molecule has 7 heteroatoms. The smallest absolute Gasteiger partial charge is 0.306 e. The minimum atomic E-state index is -3.18. The Labute approximate surface area is 136 Å². The Morgan fingerprint density at radius 1 is 1.35 bits per heavy atom. The number of Topliss-reactive ketones (excluding diaryl/α,β-unsaturated/α-hetero) is 1. The molecule has 0 aromatic carbocycles. The van der Waals surface area contributed by atoms with E-state index in [2.05, 4.69) is 0 Å². The van der Waals surface area contributed by atoms with E-state index in [0.717, 1.165) is 23.3 Å². The minimum absolute atomic E-state index is 0.0308. The Morgan fingerprint density at radius 3 is 2.57 bits per heavy atom. The Bertz CT molecular complexity index is 758. The van der Waals surface area contributed by atoms with Gasteiger partial charge in [-0.1, -0.05) is 6.08 Å². The van der Waals surface area contributed by atoms with E-state index in [-0.39, 0.29) is 30.5 Å². The second-order valence-corrected chi connectivity index (χ2v) is 7.67. The summed E-state index contributed by atoms with van der Waals surface area (Å²) in [5.41, 5.74) is 2.40. The molecule has 126 valence electrons. The number of aromatic nitrogens is 1. The fourth-order valence-electron chi connectivity index (χ4n) is 2.83. The molecule has 0 amide bonds. The number of ketones is 1. The summed E-state index contributed by atoms with van der Waals surface area (Å²) < 4.78 is 29.6. The van der Waals surface area contributed by atoms with Crippen LogP contribution in [0.2, 0.25) is 0 Å². The summed E-state index contributed by atoms with van der Waals surface area (Å²) in [6.07, 6.45) is 1.46. The number of ether oxygens (including phenoxy) is 1. The lowest BCUT2D eigenvalue weighted by Crippen LogP contribution is -2.18. The number of esters is 1. The SMILES string of the molecule is CCn1c(C)cc(C(=O)COC(=O)CC2C=CS(=O)(=O)C2)c1C. The summed E-state index contributed by atoms with van der Waals surface area (Å²) in [5, 5.41) is 1.12. The second-order valence-electron chi connectivity index (χ2n) is 5.74. The molecule has 23 heavy (non-hydrogen) atoms. The lowest BCUT2D eigenvalue weighted by Gasteiger charge is -2.08. The molecule has 2 heterocycles. The standard InChI is InChI=1S/C16H21NO5S/c1-4-17-11(2)7-14(12(17)3)15(18)9-22-16(19)8-13-5-6-23(20,21)10-13/h5-7,13H,4,8-10H2,1-3H3. The van der Waals surface area contributed by atoms with Crippen molar-refractivity contribution in [1.82, 2.24) is 4.57 Å². The van der Waals surface area contributed by atoms with Crippen molar-refractivity contribution in [1.29, 1.82) is 0 Å². The highest BCUT2D eigenvalue weighted by molar-refractivity contribution is 7.94. The average Bonchev–Trinajstić information content (AvgIpc) is 2.95. The number of hydrogen-bond donors (Lipinski definition) is 0. The van der Waals surface area contributed by atoms with Gasteiger partial charge in [-0.15, -0.1) is 0 Å². The third kappa shape index (κ3) is 4.10. The van der Waals surface area contributed by atoms with Crippen LogP contribution >= 0.6 is 0 Å². The molecule has 0 aliphatic carbocycles. The van der Waals surface area contributed by atoms with Crippen molar-refractivity contribution in [3.8, 4) is 0 Å². The molecule has 0 saturated heterocycles. The maximum Gasteiger partial charge on any atom is 0.306 e. The molecule has 6 nitrogen and oxygen atoms in total. The van der Waals surface area contributed by atoms with Crippen LogP contribution in [0.15, 0.2) is 17.6 Å². The van der Waals surface area contributed by atoms with Gasteiger partial charge in [0.2, 0.25) is 5.78 Å². The molecule has 2 rings (SSSR count). The summed E-state index contributed by atoms with van der Waals surface area (Å²) in [6.45, 7) is 6.23. The van der Waals surface area contributed by atoms with E-state index in [1.54, 1.807) is 6.07 Å². The van der Waals surface area contributed by atoms with Gasteiger partial charge in [0.05, 0.1) is 12.2 Å². The highest BCUT2D eigenvalue weighted by atomic mass is 32.2. The number of sulfone groups is 1. The first-order valence-electron chi connectivity index (χ1n) is 7.50. The Hall–Kier alpha value is -1.89. The fourth-order valence-corrected chi connectivity index (χ4v) is 4.23. The van der Waals surface area contributed by atoms with Gasteiger partial charge >= 0.3 is 5.97 Å². The zero-order valence-electron chi connectivity index (χ0n) is 13.5.